The van der Waals surface area contributed by atoms with Gasteiger partial charge in [-0.15, -0.1) is 21.5 Å². The summed E-state index contributed by atoms with van der Waals surface area (Å²) in [6.45, 7) is 1.08. The molecule has 0 spiro atoms. The molecule has 0 fully saturated rings. The highest BCUT2D eigenvalue weighted by Crippen LogP contribution is 2.25. The van der Waals surface area contributed by atoms with Crippen LogP contribution >= 0.6 is 23.1 Å². The summed E-state index contributed by atoms with van der Waals surface area (Å²) in [5, 5.41) is 14.2. The van der Waals surface area contributed by atoms with Crippen molar-refractivity contribution in [2.75, 3.05) is 5.75 Å². The van der Waals surface area contributed by atoms with Gasteiger partial charge >= 0.3 is 0 Å². The summed E-state index contributed by atoms with van der Waals surface area (Å²) in [5.74, 6) is 0.512. The highest BCUT2D eigenvalue weighted by atomic mass is 32.2. The maximum absolute atomic E-state index is 13.3. The number of benzene rings is 2. The third-order valence-corrected chi connectivity index (χ3v) is 6.22. The molecule has 0 saturated carbocycles. The zero-order chi connectivity index (χ0) is 20.8. The van der Waals surface area contributed by atoms with E-state index >= 15 is 0 Å². The fourth-order valence-electron chi connectivity index (χ4n) is 2.90. The summed E-state index contributed by atoms with van der Waals surface area (Å²) in [7, 11) is 0. The SMILES string of the molecule is O=C(CSc1nnc(-c2ccc(F)cc2)n1Cc1ccccc1)NCc1cccs1. The first-order valence-corrected chi connectivity index (χ1v) is 11.2. The van der Waals surface area contributed by atoms with Gasteiger partial charge in [-0.25, -0.2) is 4.39 Å². The Labute approximate surface area is 182 Å². The van der Waals surface area contributed by atoms with E-state index in [2.05, 4.69) is 15.5 Å². The number of thioether (sulfide) groups is 1. The first-order chi connectivity index (χ1) is 14.7. The molecule has 2 aromatic heterocycles. The Balaban J connectivity index is 1.51. The summed E-state index contributed by atoms with van der Waals surface area (Å²) in [6.07, 6.45) is 0. The molecule has 2 heterocycles. The normalized spacial score (nSPS) is 10.8. The van der Waals surface area contributed by atoms with E-state index in [1.807, 2.05) is 52.4 Å². The lowest BCUT2D eigenvalue weighted by Gasteiger charge is -2.11. The first-order valence-electron chi connectivity index (χ1n) is 9.34. The number of carbonyl (C=O) groups is 1. The second-order valence-electron chi connectivity index (χ2n) is 6.53. The topological polar surface area (TPSA) is 59.8 Å². The molecule has 0 saturated heterocycles. The number of aromatic nitrogens is 3. The van der Waals surface area contributed by atoms with Gasteiger partial charge in [0.25, 0.3) is 0 Å². The second kappa shape index (κ2) is 9.69. The van der Waals surface area contributed by atoms with Crippen LogP contribution in [0.25, 0.3) is 11.4 Å². The van der Waals surface area contributed by atoms with E-state index in [1.54, 1.807) is 23.5 Å². The molecule has 8 heteroatoms. The van der Waals surface area contributed by atoms with Gasteiger partial charge in [0.15, 0.2) is 11.0 Å². The molecule has 5 nitrogen and oxygen atoms in total. The third-order valence-electron chi connectivity index (χ3n) is 4.38. The van der Waals surface area contributed by atoms with Crippen molar-refractivity contribution >= 4 is 29.0 Å². The van der Waals surface area contributed by atoms with Gasteiger partial charge in [0.05, 0.1) is 18.8 Å². The molecule has 0 aliphatic heterocycles. The first kappa shape index (κ1) is 20.3. The van der Waals surface area contributed by atoms with Crippen LogP contribution in [-0.4, -0.2) is 26.4 Å². The number of nitrogens with one attached hydrogen (secondary N) is 1. The molecule has 4 aromatic rings. The molecule has 0 unspecified atom stereocenters. The quantitative estimate of drug-likeness (QED) is 0.409. The third kappa shape index (κ3) is 5.14. The maximum atomic E-state index is 13.3. The number of rotatable bonds is 8. The van der Waals surface area contributed by atoms with E-state index in [4.69, 9.17) is 0 Å². The van der Waals surface area contributed by atoms with E-state index < -0.39 is 0 Å². The average molecular weight is 439 g/mol. The van der Waals surface area contributed by atoms with E-state index in [0.717, 1.165) is 16.0 Å². The van der Waals surface area contributed by atoms with Crippen LogP contribution in [0.4, 0.5) is 4.39 Å². The summed E-state index contributed by atoms with van der Waals surface area (Å²) in [4.78, 5) is 13.4. The van der Waals surface area contributed by atoms with Crippen LogP contribution in [0.5, 0.6) is 0 Å². The Morgan fingerprint density at radius 2 is 1.83 bits per heavy atom. The standard InChI is InChI=1S/C22H19FN4OS2/c23-18-10-8-17(9-11-18)21-25-26-22(27(21)14-16-5-2-1-3-6-16)30-15-20(28)24-13-19-7-4-12-29-19/h1-12H,13-15H2,(H,24,28). The van der Waals surface area contributed by atoms with Gasteiger partial charge in [-0.3, -0.25) is 9.36 Å². The number of amides is 1. The van der Waals surface area contributed by atoms with Gasteiger partial charge in [0, 0.05) is 10.4 Å². The van der Waals surface area contributed by atoms with E-state index in [9.17, 15) is 9.18 Å². The van der Waals surface area contributed by atoms with Gasteiger partial charge in [0.1, 0.15) is 5.82 Å². The fourth-order valence-corrected chi connectivity index (χ4v) is 4.31. The summed E-state index contributed by atoms with van der Waals surface area (Å²) in [5.41, 5.74) is 1.86. The van der Waals surface area contributed by atoms with Crippen LogP contribution in [-0.2, 0) is 17.9 Å². The lowest BCUT2D eigenvalue weighted by atomic mass is 10.2. The minimum atomic E-state index is -0.301. The molecule has 1 amide bonds. The summed E-state index contributed by atoms with van der Waals surface area (Å²) >= 11 is 2.95. The van der Waals surface area contributed by atoms with E-state index in [1.165, 1.54) is 23.9 Å². The fraction of sp³-hybridized carbons (Fsp3) is 0.136. The van der Waals surface area contributed by atoms with Gasteiger partial charge in [-0.05, 0) is 41.3 Å². The lowest BCUT2D eigenvalue weighted by molar-refractivity contribution is -0.118. The number of nitrogens with zero attached hydrogens (tertiary/aromatic N) is 3. The molecular weight excluding hydrogens is 419 g/mol. The zero-order valence-electron chi connectivity index (χ0n) is 16.0. The molecule has 0 radical (unpaired) electrons. The largest absolute Gasteiger partial charge is 0.350 e. The number of carbonyl (C=O) groups excluding carboxylic acids is 1. The lowest BCUT2D eigenvalue weighted by Crippen LogP contribution is -2.24. The zero-order valence-corrected chi connectivity index (χ0v) is 17.6. The maximum Gasteiger partial charge on any atom is 0.230 e. The summed E-state index contributed by atoms with van der Waals surface area (Å²) in [6, 6.07) is 20.1. The van der Waals surface area contributed by atoms with Crippen LogP contribution < -0.4 is 5.32 Å². The predicted octanol–water partition coefficient (Wildman–Crippen LogP) is 4.60. The molecule has 0 aliphatic carbocycles. The molecule has 0 aliphatic rings. The Morgan fingerprint density at radius 3 is 2.57 bits per heavy atom. The number of halogens is 1. The average Bonchev–Trinajstić information content (AvgIpc) is 3.42. The van der Waals surface area contributed by atoms with Gasteiger partial charge in [0.2, 0.25) is 5.91 Å². The number of hydrogen-bond acceptors (Lipinski definition) is 5. The Hall–Kier alpha value is -2.97. The van der Waals surface area contributed by atoms with Crippen molar-refractivity contribution in [3.8, 4) is 11.4 Å². The van der Waals surface area contributed by atoms with Crippen LogP contribution in [0.15, 0.2) is 77.3 Å². The van der Waals surface area contributed by atoms with Crippen molar-refractivity contribution in [3.63, 3.8) is 0 Å². The molecule has 1 N–H and O–H groups in total. The van der Waals surface area contributed by atoms with Gasteiger partial charge in [-0.1, -0.05) is 48.2 Å². The van der Waals surface area contributed by atoms with Crippen molar-refractivity contribution in [1.82, 2.24) is 20.1 Å². The Kier molecular flexibility index (Phi) is 6.56. The van der Waals surface area contributed by atoms with E-state index in [-0.39, 0.29) is 17.5 Å². The number of thiophene rings is 1. The molecular formula is C22H19FN4OS2. The van der Waals surface area contributed by atoms with Crippen LogP contribution in [0, 0.1) is 5.82 Å². The van der Waals surface area contributed by atoms with Crippen molar-refractivity contribution in [1.29, 1.82) is 0 Å². The molecule has 2 aromatic carbocycles. The predicted molar refractivity (Wildman–Crippen MR) is 118 cm³/mol. The van der Waals surface area contributed by atoms with Crippen molar-refractivity contribution in [3.05, 3.63) is 88.4 Å². The molecule has 152 valence electrons. The van der Waals surface area contributed by atoms with Crippen molar-refractivity contribution in [2.45, 2.75) is 18.2 Å². The Bertz CT molecular complexity index is 1100. The smallest absolute Gasteiger partial charge is 0.230 e. The second-order valence-corrected chi connectivity index (χ2v) is 8.50. The van der Waals surface area contributed by atoms with Crippen LogP contribution in [0.2, 0.25) is 0 Å². The van der Waals surface area contributed by atoms with Crippen molar-refractivity contribution in [2.24, 2.45) is 0 Å². The minimum Gasteiger partial charge on any atom is -0.350 e. The molecule has 4 rings (SSSR count). The van der Waals surface area contributed by atoms with Crippen LogP contribution in [0.3, 0.4) is 0 Å². The monoisotopic (exact) mass is 438 g/mol. The molecule has 30 heavy (non-hydrogen) atoms. The van der Waals surface area contributed by atoms with Crippen molar-refractivity contribution < 1.29 is 9.18 Å². The highest BCUT2D eigenvalue weighted by molar-refractivity contribution is 7.99. The molecule has 0 atom stereocenters. The van der Waals surface area contributed by atoms with Crippen LogP contribution in [0.1, 0.15) is 10.4 Å². The van der Waals surface area contributed by atoms with Gasteiger partial charge < -0.3 is 5.32 Å². The minimum absolute atomic E-state index is 0.0639. The number of hydrogen-bond donors (Lipinski definition) is 1. The molecule has 0 bridgehead atoms. The van der Waals surface area contributed by atoms with E-state index in [0.29, 0.717) is 24.1 Å². The van der Waals surface area contributed by atoms with Gasteiger partial charge in [-0.2, -0.15) is 0 Å². The Morgan fingerprint density at radius 1 is 1.03 bits per heavy atom. The summed E-state index contributed by atoms with van der Waals surface area (Å²) < 4.78 is 15.3. The highest BCUT2D eigenvalue weighted by Gasteiger charge is 2.16.